The summed E-state index contributed by atoms with van der Waals surface area (Å²) in [5.41, 5.74) is -1.89. The number of phenols is 2. The topological polar surface area (TPSA) is 148 Å². The zero-order valence-corrected chi connectivity index (χ0v) is 13.8. The number of aliphatic hydroxyl groups excluding tert-OH is 1. The normalized spacial score (nSPS) is 13.7. The zero-order valence-electron chi connectivity index (χ0n) is 13.8. The third kappa shape index (κ3) is 4.02. The second-order valence-corrected chi connectivity index (χ2v) is 5.71. The first kappa shape index (κ1) is 18.6. The summed E-state index contributed by atoms with van der Waals surface area (Å²) in [7, 11) is 1.39. The lowest BCUT2D eigenvalue weighted by atomic mass is 10.1. The first-order valence-corrected chi connectivity index (χ1v) is 7.54. The summed E-state index contributed by atoms with van der Waals surface area (Å²) in [6, 6.07) is 3.12. The molecule has 3 N–H and O–H groups in total. The number of nitriles is 1. The van der Waals surface area contributed by atoms with Crippen molar-refractivity contribution in [1.82, 2.24) is 4.90 Å². The van der Waals surface area contributed by atoms with Gasteiger partial charge in [-0.2, -0.15) is 5.26 Å². The molecule has 1 aromatic rings. The molecule has 0 heterocycles. The highest BCUT2D eigenvalue weighted by molar-refractivity contribution is 6.03. The molecule has 0 bridgehead atoms. The Labute approximate surface area is 148 Å². The van der Waals surface area contributed by atoms with E-state index in [2.05, 4.69) is 11.8 Å². The summed E-state index contributed by atoms with van der Waals surface area (Å²) >= 11 is 0. The predicted octanol–water partition coefficient (Wildman–Crippen LogP) is 1.67. The van der Waals surface area contributed by atoms with Crippen molar-refractivity contribution in [1.29, 1.82) is 5.26 Å². The van der Waals surface area contributed by atoms with Crippen LogP contribution < -0.4 is 0 Å². The summed E-state index contributed by atoms with van der Waals surface area (Å²) in [6.45, 7) is 0.0504. The van der Waals surface area contributed by atoms with Crippen molar-refractivity contribution in [3.63, 3.8) is 0 Å². The van der Waals surface area contributed by atoms with Gasteiger partial charge in [0.15, 0.2) is 11.3 Å². The molecule has 1 aliphatic carbocycles. The summed E-state index contributed by atoms with van der Waals surface area (Å²) < 4.78 is 0. The molecule has 0 saturated heterocycles. The van der Waals surface area contributed by atoms with Gasteiger partial charge >= 0.3 is 5.69 Å². The van der Waals surface area contributed by atoms with Gasteiger partial charge in [0.05, 0.1) is 11.5 Å². The van der Waals surface area contributed by atoms with Crippen LogP contribution in [-0.2, 0) is 4.79 Å². The number of nitrogens with zero attached hydrogens (tertiary/aromatic N) is 3. The molecule has 134 valence electrons. The van der Waals surface area contributed by atoms with Gasteiger partial charge in [-0.15, -0.1) is 0 Å². The molecule has 1 aliphatic rings. The van der Waals surface area contributed by atoms with Crippen LogP contribution in [0.25, 0.3) is 5.76 Å². The second kappa shape index (κ2) is 7.45. The number of benzene rings is 1. The summed E-state index contributed by atoms with van der Waals surface area (Å²) in [6.07, 6.45) is 2.05. The average Bonchev–Trinajstić information content (AvgIpc) is 3.41. The minimum absolute atomic E-state index is 0.0504. The molecular weight excluding hydrogens is 342 g/mol. The van der Waals surface area contributed by atoms with Crippen LogP contribution >= 0.6 is 0 Å². The van der Waals surface area contributed by atoms with Crippen molar-refractivity contribution >= 4 is 17.4 Å². The third-order valence-corrected chi connectivity index (χ3v) is 3.65. The molecule has 0 aliphatic heterocycles. The largest absolute Gasteiger partial charge is 0.506 e. The van der Waals surface area contributed by atoms with Gasteiger partial charge in [-0.1, -0.05) is 11.8 Å². The van der Waals surface area contributed by atoms with Crippen LogP contribution in [0.1, 0.15) is 18.4 Å². The maximum Gasteiger partial charge on any atom is 0.315 e. The van der Waals surface area contributed by atoms with E-state index in [4.69, 9.17) is 0 Å². The lowest BCUT2D eigenvalue weighted by molar-refractivity contribution is -0.386. The molecule has 1 aromatic carbocycles. The number of aromatic hydroxyl groups is 2. The van der Waals surface area contributed by atoms with Crippen molar-refractivity contribution < 1.29 is 25.0 Å². The smallest absolute Gasteiger partial charge is 0.315 e. The molecule has 9 nitrogen and oxygen atoms in total. The Balaban J connectivity index is 2.35. The van der Waals surface area contributed by atoms with E-state index < -0.39 is 39.3 Å². The molecule has 0 radical (unpaired) electrons. The maximum absolute atomic E-state index is 12.3. The van der Waals surface area contributed by atoms with E-state index in [0.29, 0.717) is 5.92 Å². The minimum Gasteiger partial charge on any atom is -0.506 e. The van der Waals surface area contributed by atoms with Crippen molar-refractivity contribution in [2.45, 2.75) is 12.8 Å². The van der Waals surface area contributed by atoms with Crippen LogP contribution in [0.15, 0.2) is 17.7 Å². The molecule has 9 heteroatoms. The van der Waals surface area contributed by atoms with E-state index in [1.807, 2.05) is 0 Å². The van der Waals surface area contributed by atoms with E-state index in [1.54, 1.807) is 6.07 Å². The van der Waals surface area contributed by atoms with E-state index in [0.717, 1.165) is 29.9 Å². The highest BCUT2D eigenvalue weighted by Crippen LogP contribution is 2.38. The van der Waals surface area contributed by atoms with E-state index in [9.17, 15) is 35.5 Å². The number of likely N-dealkylation sites (N-methyl/N-ethyl adjacent to an activating group) is 1. The standard InChI is InChI=1S/C17H15N3O6/c1-19(6-2-3-10-4-5-10)17(24)12(9-18)15(22)11-7-13(20(25)26)16(23)14(21)8-11/h7-8,10,21-23H,4-6H2,1H3/b15-12-. The molecule has 0 aromatic heterocycles. The van der Waals surface area contributed by atoms with Crippen molar-refractivity contribution in [3.05, 3.63) is 33.4 Å². The van der Waals surface area contributed by atoms with Gasteiger partial charge in [0.2, 0.25) is 5.75 Å². The van der Waals surface area contributed by atoms with E-state index >= 15 is 0 Å². The average molecular weight is 357 g/mol. The molecule has 1 saturated carbocycles. The van der Waals surface area contributed by atoms with Gasteiger partial charge in [-0.25, -0.2) is 0 Å². The molecule has 1 fully saturated rings. The number of hydrogen-bond donors (Lipinski definition) is 3. The number of amides is 1. The molecule has 26 heavy (non-hydrogen) atoms. The van der Waals surface area contributed by atoms with Gasteiger partial charge < -0.3 is 20.2 Å². The number of carbonyl (C=O) groups excluding carboxylic acids is 1. The third-order valence-electron chi connectivity index (χ3n) is 3.65. The van der Waals surface area contributed by atoms with Crippen molar-refractivity contribution in [3.8, 4) is 29.4 Å². The number of hydrogen-bond acceptors (Lipinski definition) is 7. The van der Waals surface area contributed by atoms with Crippen LogP contribution in [0.4, 0.5) is 5.69 Å². The Kier molecular flexibility index (Phi) is 5.33. The minimum atomic E-state index is -0.983. The molecule has 0 unspecified atom stereocenters. The summed E-state index contributed by atoms with van der Waals surface area (Å²) in [5.74, 6) is 2.58. The number of nitro benzene ring substituents is 1. The molecule has 1 amide bonds. The molecule has 0 spiro atoms. The zero-order chi connectivity index (χ0) is 19.4. The number of phenolic OH excluding ortho intramolecular Hbond substituents is 2. The lowest BCUT2D eigenvalue weighted by Gasteiger charge is -2.14. The van der Waals surface area contributed by atoms with Gasteiger partial charge in [0.25, 0.3) is 5.91 Å². The maximum atomic E-state index is 12.3. The first-order valence-electron chi connectivity index (χ1n) is 7.54. The van der Waals surface area contributed by atoms with Crippen LogP contribution in [0.5, 0.6) is 11.5 Å². The fourth-order valence-electron chi connectivity index (χ4n) is 2.03. The van der Waals surface area contributed by atoms with Crippen LogP contribution in [0.2, 0.25) is 0 Å². The van der Waals surface area contributed by atoms with Crippen LogP contribution in [0.3, 0.4) is 0 Å². The Morgan fingerprint density at radius 2 is 2.08 bits per heavy atom. The van der Waals surface area contributed by atoms with Crippen molar-refractivity contribution in [2.75, 3.05) is 13.6 Å². The van der Waals surface area contributed by atoms with Gasteiger partial charge in [0, 0.05) is 24.6 Å². The number of carbonyl (C=O) groups is 1. The quantitative estimate of drug-likeness (QED) is 0.141. The van der Waals surface area contributed by atoms with Gasteiger partial charge in [-0.3, -0.25) is 14.9 Å². The van der Waals surface area contributed by atoms with Crippen LogP contribution in [0, 0.1) is 39.2 Å². The number of rotatable bonds is 4. The Morgan fingerprint density at radius 1 is 1.42 bits per heavy atom. The first-order chi connectivity index (χ1) is 12.3. The van der Waals surface area contributed by atoms with E-state index in [-0.39, 0.29) is 12.1 Å². The predicted molar refractivity (Wildman–Crippen MR) is 89.7 cm³/mol. The second-order valence-electron chi connectivity index (χ2n) is 5.71. The highest BCUT2D eigenvalue weighted by atomic mass is 16.6. The Morgan fingerprint density at radius 3 is 2.62 bits per heavy atom. The van der Waals surface area contributed by atoms with Crippen molar-refractivity contribution in [2.24, 2.45) is 5.92 Å². The Bertz CT molecular complexity index is 900. The number of aliphatic hydroxyl groups is 1. The fraction of sp³-hybridized carbons (Fsp3) is 0.294. The monoisotopic (exact) mass is 357 g/mol. The van der Waals surface area contributed by atoms with Gasteiger partial charge in [-0.05, 0) is 18.9 Å². The summed E-state index contributed by atoms with van der Waals surface area (Å²) in [4.78, 5) is 23.4. The van der Waals surface area contributed by atoms with Crippen LogP contribution in [-0.4, -0.2) is 44.6 Å². The SMILES string of the molecule is CN(CC#CC1CC1)C(=O)/C(C#N)=C(\O)c1cc(O)c(O)c([N+](=O)[O-])c1. The molecular formula is C17H15N3O6. The van der Waals surface area contributed by atoms with E-state index in [1.165, 1.54) is 7.05 Å². The van der Waals surface area contributed by atoms with Gasteiger partial charge in [0.1, 0.15) is 11.8 Å². The lowest BCUT2D eigenvalue weighted by Crippen LogP contribution is -2.28. The fourth-order valence-corrected chi connectivity index (χ4v) is 2.03. The number of nitro groups is 1. The Hall–Kier alpha value is -3.72. The highest BCUT2D eigenvalue weighted by Gasteiger charge is 2.25. The summed E-state index contributed by atoms with van der Waals surface area (Å²) in [5, 5.41) is 49.3. The molecule has 0 atom stereocenters. The molecule has 2 rings (SSSR count).